The summed E-state index contributed by atoms with van der Waals surface area (Å²) in [5.74, 6) is 0.689. The Hall–Kier alpha value is -2.07. The maximum atomic E-state index is 12.1. The molecule has 5 heteroatoms. The number of aromatic nitrogens is 1. The van der Waals surface area contributed by atoms with Crippen LogP contribution in [0.1, 0.15) is 28.4 Å². The van der Waals surface area contributed by atoms with Crippen LogP contribution >= 0.6 is 12.4 Å². The summed E-state index contributed by atoms with van der Waals surface area (Å²) in [6, 6.07) is 7.34. The number of hydrogen-bond donors (Lipinski definition) is 1. The van der Waals surface area contributed by atoms with Crippen molar-refractivity contribution in [2.75, 3.05) is 11.9 Å². The number of carbonyl (C=O) groups is 1. The van der Waals surface area contributed by atoms with Crippen molar-refractivity contribution in [3.63, 3.8) is 0 Å². The van der Waals surface area contributed by atoms with Crippen molar-refractivity contribution >= 4 is 24.0 Å². The number of anilines is 1. The summed E-state index contributed by atoms with van der Waals surface area (Å²) in [6.07, 6.45) is 3.19. The number of nitrogens with zero attached hydrogens (tertiary/aromatic N) is 1. The molecule has 1 heterocycles. The minimum absolute atomic E-state index is 0. The van der Waals surface area contributed by atoms with Gasteiger partial charge in [-0.05, 0) is 56.2 Å². The van der Waals surface area contributed by atoms with Gasteiger partial charge >= 0.3 is 0 Å². The predicted molar refractivity (Wildman–Crippen MR) is 86.5 cm³/mol. The molecule has 0 saturated heterocycles. The maximum Gasteiger partial charge on any atom is 0.257 e. The summed E-state index contributed by atoms with van der Waals surface area (Å²) >= 11 is 0. The van der Waals surface area contributed by atoms with E-state index >= 15 is 0 Å². The first-order chi connectivity index (χ1) is 9.61. The topological polar surface area (TPSA) is 51.2 Å². The van der Waals surface area contributed by atoms with Gasteiger partial charge in [0.2, 0.25) is 0 Å². The van der Waals surface area contributed by atoms with E-state index in [1.165, 1.54) is 0 Å². The third-order valence-electron chi connectivity index (χ3n) is 2.99. The molecule has 0 radical (unpaired) electrons. The highest BCUT2D eigenvalue weighted by Crippen LogP contribution is 2.26. The molecule has 4 nitrogen and oxygen atoms in total. The van der Waals surface area contributed by atoms with Crippen LogP contribution in [0.4, 0.5) is 5.69 Å². The average molecular weight is 307 g/mol. The number of rotatable bonds is 4. The van der Waals surface area contributed by atoms with Gasteiger partial charge in [-0.1, -0.05) is 0 Å². The highest BCUT2D eigenvalue weighted by atomic mass is 35.5. The second kappa shape index (κ2) is 7.64. The van der Waals surface area contributed by atoms with Gasteiger partial charge in [-0.25, -0.2) is 0 Å². The van der Waals surface area contributed by atoms with E-state index in [-0.39, 0.29) is 18.3 Å². The number of pyridine rings is 1. The lowest BCUT2D eigenvalue weighted by Crippen LogP contribution is -2.13. The summed E-state index contributed by atoms with van der Waals surface area (Å²) in [5.41, 5.74) is 3.30. The van der Waals surface area contributed by atoms with Crippen LogP contribution in [0.2, 0.25) is 0 Å². The van der Waals surface area contributed by atoms with Crippen molar-refractivity contribution in [1.29, 1.82) is 0 Å². The Morgan fingerprint density at radius 1 is 1.29 bits per heavy atom. The van der Waals surface area contributed by atoms with Gasteiger partial charge in [-0.3, -0.25) is 9.78 Å². The van der Waals surface area contributed by atoms with Gasteiger partial charge in [0, 0.05) is 18.1 Å². The lowest BCUT2D eigenvalue weighted by Gasteiger charge is -2.13. The quantitative estimate of drug-likeness (QED) is 0.935. The lowest BCUT2D eigenvalue weighted by atomic mass is 10.1. The molecule has 2 aromatic rings. The highest BCUT2D eigenvalue weighted by Gasteiger charge is 2.10. The number of carbonyl (C=O) groups excluding carboxylic acids is 1. The van der Waals surface area contributed by atoms with E-state index in [2.05, 4.69) is 10.3 Å². The Labute approximate surface area is 131 Å². The van der Waals surface area contributed by atoms with E-state index in [0.29, 0.717) is 12.2 Å². The summed E-state index contributed by atoms with van der Waals surface area (Å²) in [7, 11) is 0. The van der Waals surface area contributed by atoms with Crippen molar-refractivity contribution in [2.45, 2.75) is 20.8 Å². The first kappa shape index (κ1) is 17.0. The van der Waals surface area contributed by atoms with Crippen LogP contribution in [-0.4, -0.2) is 17.5 Å². The largest absolute Gasteiger partial charge is 0.494 e. The average Bonchev–Trinajstić information content (AvgIpc) is 2.45. The number of aryl methyl sites for hydroxylation is 2. The molecule has 1 aromatic heterocycles. The number of ether oxygens (including phenoxy) is 1. The van der Waals surface area contributed by atoms with Crippen LogP contribution in [-0.2, 0) is 0 Å². The fourth-order valence-corrected chi connectivity index (χ4v) is 1.93. The van der Waals surface area contributed by atoms with E-state index in [1.54, 1.807) is 24.5 Å². The number of hydrogen-bond acceptors (Lipinski definition) is 3. The van der Waals surface area contributed by atoms with Crippen molar-refractivity contribution in [3.8, 4) is 5.75 Å². The number of benzene rings is 1. The van der Waals surface area contributed by atoms with Gasteiger partial charge in [0.1, 0.15) is 5.75 Å². The Morgan fingerprint density at radius 2 is 2.05 bits per heavy atom. The Balaban J connectivity index is 0.00000220. The molecule has 0 saturated carbocycles. The van der Waals surface area contributed by atoms with Gasteiger partial charge in [0.25, 0.3) is 5.91 Å². The molecule has 0 aliphatic carbocycles. The van der Waals surface area contributed by atoms with Crippen LogP contribution in [0.25, 0.3) is 0 Å². The molecule has 1 N–H and O–H groups in total. The fraction of sp³-hybridized carbons (Fsp3) is 0.250. The minimum atomic E-state index is -0.162. The summed E-state index contributed by atoms with van der Waals surface area (Å²) in [4.78, 5) is 16.1. The van der Waals surface area contributed by atoms with Gasteiger partial charge in [-0.15, -0.1) is 12.4 Å². The summed E-state index contributed by atoms with van der Waals surface area (Å²) in [5, 5.41) is 2.90. The van der Waals surface area contributed by atoms with E-state index in [0.717, 1.165) is 22.6 Å². The Bertz CT molecular complexity index is 615. The lowest BCUT2D eigenvalue weighted by molar-refractivity contribution is 0.102. The number of halogens is 1. The summed E-state index contributed by atoms with van der Waals surface area (Å²) in [6.45, 7) is 6.49. The van der Waals surface area contributed by atoms with E-state index in [1.807, 2.05) is 32.9 Å². The van der Waals surface area contributed by atoms with Crippen LogP contribution in [0.15, 0.2) is 36.7 Å². The molecule has 112 valence electrons. The van der Waals surface area contributed by atoms with E-state index in [9.17, 15) is 4.79 Å². The maximum absolute atomic E-state index is 12.1. The van der Waals surface area contributed by atoms with Crippen molar-refractivity contribution in [3.05, 3.63) is 53.3 Å². The monoisotopic (exact) mass is 306 g/mol. The van der Waals surface area contributed by atoms with Crippen molar-refractivity contribution in [2.24, 2.45) is 0 Å². The normalized spacial score (nSPS) is 9.67. The molecular weight excluding hydrogens is 288 g/mol. The smallest absolute Gasteiger partial charge is 0.257 e. The first-order valence-corrected chi connectivity index (χ1v) is 6.57. The molecule has 1 aromatic carbocycles. The first-order valence-electron chi connectivity index (χ1n) is 6.57. The molecule has 0 aliphatic heterocycles. The zero-order chi connectivity index (χ0) is 14.5. The van der Waals surface area contributed by atoms with Gasteiger partial charge in [0.15, 0.2) is 0 Å². The molecule has 21 heavy (non-hydrogen) atoms. The molecule has 0 spiro atoms. The molecule has 0 unspecified atom stereocenters. The molecule has 1 amide bonds. The molecular formula is C16H19ClN2O2. The highest BCUT2D eigenvalue weighted by molar-refractivity contribution is 6.04. The number of nitrogens with one attached hydrogen (secondary N) is 1. The second-order valence-corrected chi connectivity index (χ2v) is 4.56. The zero-order valence-corrected chi connectivity index (χ0v) is 13.2. The zero-order valence-electron chi connectivity index (χ0n) is 12.3. The van der Waals surface area contributed by atoms with Crippen LogP contribution in [0.3, 0.4) is 0 Å². The van der Waals surface area contributed by atoms with Crippen molar-refractivity contribution in [1.82, 2.24) is 4.98 Å². The van der Waals surface area contributed by atoms with E-state index in [4.69, 9.17) is 4.74 Å². The van der Waals surface area contributed by atoms with Gasteiger partial charge in [-0.2, -0.15) is 0 Å². The second-order valence-electron chi connectivity index (χ2n) is 4.56. The van der Waals surface area contributed by atoms with Gasteiger partial charge in [0.05, 0.1) is 12.2 Å². The molecule has 2 rings (SSSR count). The number of amides is 1. The Morgan fingerprint density at radius 3 is 2.67 bits per heavy atom. The third-order valence-corrected chi connectivity index (χ3v) is 2.99. The fourth-order valence-electron chi connectivity index (χ4n) is 1.93. The molecule has 0 aliphatic rings. The van der Waals surface area contributed by atoms with E-state index < -0.39 is 0 Å². The molecule has 0 atom stereocenters. The SMILES string of the molecule is CCOc1cc(C)c(NC(=O)c2cccnc2)cc1C.Cl. The molecule has 0 fully saturated rings. The summed E-state index contributed by atoms with van der Waals surface area (Å²) < 4.78 is 5.54. The predicted octanol–water partition coefficient (Wildman–Crippen LogP) is 3.77. The van der Waals surface area contributed by atoms with Gasteiger partial charge < -0.3 is 10.1 Å². The Kier molecular flexibility index (Phi) is 6.18. The van der Waals surface area contributed by atoms with Crippen molar-refractivity contribution < 1.29 is 9.53 Å². The van der Waals surface area contributed by atoms with Crippen LogP contribution in [0.5, 0.6) is 5.75 Å². The third kappa shape index (κ3) is 4.20. The molecule has 0 bridgehead atoms. The standard InChI is InChI=1S/C16H18N2O2.ClH/c1-4-20-15-9-11(2)14(8-12(15)3)18-16(19)13-6-5-7-17-10-13;/h5-10H,4H2,1-3H3,(H,18,19);1H. The minimum Gasteiger partial charge on any atom is -0.494 e. The van der Waals surface area contributed by atoms with Crippen LogP contribution < -0.4 is 10.1 Å². The van der Waals surface area contributed by atoms with Crippen LogP contribution in [0, 0.1) is 13.8 Å².